The fourth-order valence-corrected chi connectivity index (χ4v) is 2.92. The van der Waals surface area contributed by atoms with E-state index >= 15 is 0 Å². The van der Waals surface area contributed by atoms with E-state index < -0.39 is 34.6 Å². The Labute approximate surface area is 112 Å². The molecule has 19 heavy (non-hydrogen) atoms. The number of anilines is 1. The number of aliphatic hydroxyl groups excluding tert-OH is 1. The summed E-state index contributed by atoms with van der Waals surface area (Å²) in [4.78, 5) is 15.2. The quantitative estimate of drug-likeness (QED) is 0.425. The van der Waals surface area contributed by atoms with Crippen molar-refractivity contribution in [1.29, 1.82) is 0 Å². The normalized spacial score (nSPS) is 43.6. The minimum absolute atomic E-state index is 0.0564. The zero-order valence-electron chi connectivity index (χ0n) is 9.52. The average Bonchev–Trinajstić information content (AvgIpc) is 2.73. The number of hydrogen-bond donors (Lipinski definition) is 3. The lowest BCUT2D eigenvalue weighted by molar-refractivity contribution is -0.0401. The Bertz CT molecular complexity index is 656. The van der Waals surface area contributed by atoms with E-state index in [-0.39, 0.29) is 5.82 Å². The van der Waals surface area contributed by atoms with Crippen molar-refractivity contribution >= 4 is 17.4 Å². The fraction of sp³-hybridized carbons (Fsp3) is 0.455. The first kappa shape index (κ1) is 12.4. The Morgan fingerprint density at radius 1 is 1.68 bits per heavy atom. The predicted molar refractivity (Wildman–Crippen MR) is 65.2 cm³/mol. The zero-order valence-corrected chi connectivity index (χ0v) is 10.3. The lowest BCUT2D eigenvalue weighted by Gasteiger charge is -2.21. The van der Waals surface area contributed by atoms with Gasteiger partial charge in [0.15, 0.2) is 17.4 Å². The third-order valence-electron chi connectivity index (χ3n) is 3.63. The lowest BCUT2D eigenvalue weighted by Crippen LogP contribution is -2.37. The molecule has 8 heteroatoms. The summed E-state index contributed by atoms with van der Waals surface area (Å²) in [6.45, 7) is 0. The standard InChI is InChI=1S/C11H10ClN3O4/c1-2-10-8(16)11(10,18)6(12)7(19-10)15-4-3-5(13)14-9(15)17/h1,3-4,6-8,16,18H,(H2,13,14,17)/t6-,7+,8?,10?,11+/m0/s1. The van der Waals surface area contributed by atoms with Crippen molar-refractivity contribution in [3.8, 4) is 12.3 Å². The van der Waals surface area contributed by atoms with Crippen LogP contribution < -0.4 is 11.4 Å². The first-order chi connectivity index (χ1) is 8.88. The van der Waals surface area contributed by atoms with E-state index in [4.69, 9.17) is 28.5 Å². The molecular formula is C11H10ClN3O4. The Morgan fingerprint density at radius 2 is 2.37 bits per heavy atom. The number of nitrogens with zero attached hydrogens (tertiary/aromatic N) is 2. The van der Waals surface area contributed by atoms with Gasteiger partial charge in [-0.3, -0.25) is 4.57 Å². The van der Waals surface area contributed by atoms with E-state index in [1.54, 1.807) is 0 Å². The van der Waals surface area contributed by atoms with Gasteiger partial charge in [-0.1, -0.05) is 5.92 Å². The van der Waals surface area contributed by atoms with Crippen LogP contribution in [-0.2, 0) is 4.74 Å². The number of hydrogen-bond acceptors (Lipinski definition) is 6. The Hall–Kier alpha value is -1.59. The smallest absolute Gasteiger partial charge is 0.351 e. The number of alkyl halides is 1. The van der Waals surface area contributed by atoms with Crippen LogP contribution in [0.1, 0.15) is 6.23 Å². The molecule has 2 heterocycles. The molecule has 5 atom stereocenters. The summed E-state index contributed by atoms with van der Waals surface area (Å²) in [5.74, 6) is 2.25. The molecule has 1 aliphatic carbocycles. The van der Waals surface area contributed by atoms with E-state index in [1.165, 1.54) is 12.3 Å². The van der Waals surface area contributed by atoms with E-state index in [0.29, 0.717) is 0 Å². The highest BCUT2D eigenvalue weighted by Crippen LogP contribution is 2.63. The second-order valence-electron chi connectivity index (χ2n) is 4.56. The SMILES string of the molecule is C#CC12O[C@@H](n3ccc(N)nc3=O)[C@H](Cl)[C@@]1(O)C2O. The molecule has 7 nitrogen and oxygen atoms in total. The van der Waals surface area contributed by atoms with Crippen LogP contribution in [0.3, 0.4) is 0 Å². The molecule has 4 N–H and O–H groups in total. The van der Waals surface area contributed by atoms with E-state index in [2.05, 4.69) is 10.9 Å². The third-order valence-corrected chi connectivity index (χ3v) is 4.18. The van der Waals surface area contributed by atoms with Crippen molar-refractivity contribution in [2.75, 3.05) is 5.73 Å². The van der Waals surface area contributed by atoms with Crippen molar-refractivity contribution in [2.45, 2.75) is 28.9 Å². The predicted octanol–water partition coefficient (Wildman–Crippen LogP) is -1.56. The molecule has 1 aliphatic heterocycles. The number of aliphatic hydroxyl groups is 2. The van der Waals surface area contributed by atoms with Gasteiger partial charge in [0.1, 0.15) is 17.3 Å². The van der Waals surface area contributed by atoms with E-state index in [0.717, 1.165) is 4.57 Å². The van der Waals surface area contributed by atoms with Crippen LogP contribution in [0.2, 0.25) is 0 Å². The van der Waals surface area contributed by atoms with Gasteiger partial charge in [-0.15, -0.1) is 18.0 Å². The van der Waals surface area contributed by atoms with Crippen LogP contribution in [0, 0.1) is 12.3 Å². The molecular weight excluding hydrogens is 274 g/mol. The highest BCUT2D eigenvalue weighted by atomic mass is 35.5. The summed E-state index contributed by atoms with van der Waals surface area (Å²) in [6.07, 6.45) is 4.32. The van der Waals surface area contributed by atoms with Crippen LogP contribution in [0.15, 0.2) is 17.1 Å². The van der Waals surface area contributed by atoms with Crippen molar-refractivity contribution in [3.63, 3.8) is 0 Å². The van der Waals surface area contributed by atoms with Gasteiger partial charge >= 0.3 is 5.69 Å². The number of aromatic nitrogens is 2. The van der Waals surface area contributed by atoms with Crippen molar-refractivity contribution in [1.82, 2.24) is 9.55 Å². The first-order valence-corrected chi connectivity index (χ1v) is 5.87. The summed E-state index contributed by atoms with van der Waals surface area (Å²) in [5, 5.41) is 18.8. The van der Waals surface area contributed by atoms with Crippen LogP contribution >= 0.6 is 11.6 Å². The molecule has 2 fully saturated rings. The topological polar surface area (TPSA) is 111 Å². The molecule has 1 saturated carbocycles. The maximum Gasteiger partial charge on any atom is 0.351 e. The lowest BCUT2D eigenvalue weighted by atomic mass is 10.1. The van der Waals surface area contributed by atoms with Crippen LogP contribution in [-0.4, -0.2) is 42.4 Å². The van der Waals surface area contributed by atoms with Crippen molar-refractivity contribution < 1.29 is 14.9 Å². The van der Waals surface area contributed by atoms with Crippen molar-refractivity contribution in [2.24, 2.45) is 0 Å². The highest BCUT2D eigenvalue weighted by molar-refractivity contribution is 6.22. The van der Waals surface area contributed by atoms with Gasteiger partial charge in [0, 0.05) is 6.20 Å². The van der Waals surface area contributed by atoms with Gasteiger partial charge in [-0.05, 0) is 6.07 Å². The molecule has 2 aliphatic rings. The Balaban J connectivity index is 2.03. The van der Waals surface area contributed by atoms with Crippen molar-refractivity contribution in [3.05, 3.63) is 22.7 Å². The average molecular weight is 284 g/mol. The fourth-order valence-electron chi connectivity index (χ4n) is 2.46. The maximum atomic E-state index is 11.7. The summed E-state index contributed by atoms with van der Waals surface area (Å²) in [5.41, 5.74) is 1.35. The number of nitrogens with two attached hydrogens (primary N) is 1. The molecule has 0 radical (unpaired) electrons. The summed E-state index contributed by atoms with van der Waals surface area (Å²) >= 11 is 6.07. The first-order valence-electron chi connectivity index (χ1n) is 5.43. The molecule has 1 aromatic heterocycles. The molecule has 0 spiro atoms. The highest BCUT2D eigenvalue weighted by Gasteiger charge is 2.87. The largest absolute Gasteiger partial charge is 0.386 e. The second kappa shape index (κ2) is 3.49. The molecule has 0 bridgehead atoms. The molecule has 0 aromatic carbocycles. The minimum atomic E-state index is -1.77. The summed E-state index contributed by atoms with van der Waals surface area (Å²) in [7, 11) is 0. The van der Waals surface area contributed by atoms with Gasteiger partial charge in [-0.2, -0.15) is 4.98 Å². The molecule has 2 unspecified atom stereocenters. The van der Waals surface area contributed by atoms with Crippen LogP contribution in [0.25, 0.3) is 0 Å². The van der Waals surface area contributed by atoms with E-state index in [9.17, 15) is 15.0 Å². The number of nitrogen functional groups attached to an aromatic ring is 1. The zero-order chi connectivity index (χ0) is 14.0. The Morgan fingerprint density at radius 3 is 2.89 bits per heavy atom. The molecule has 3 rings (SSSR count). The van der Waals surface area contributed by atoms with E-state index in [1.807, 2.05) is 0 Å². The number of fused-ring (bicyclic) bond motifs is 1. The van der Waals surface area contributed by atoms with Gasteiger partial charge < -0.3 is 20.7 Å². The summed E-state index contributed by atoms with van der Waals surface area (Å²) in [6, 6.07) is 1.39. The molecule has 0 amide bonds. The van der Waals surface area contributed by atoms with Gasteiger partial charge in [0.05, 0.1) is 0 Å². The second-order valence-corrected chi connectivity index (χ2v) is 5.03. The maximum absolute atomic E-state index is 11.7. The molecule has 1 saturated heterocycles. The molecule has 1 aromatic rings. The van der Waals surface area contributed by atoms with Gasteiger partial charge in [0.25, 0.3) is 0 Å². The van der Waals surface area contributed by atoms with Crippen LogP contribution in [0.4, 0.5) is 5.82 Å². The number of rotatable bonds is 1. The number of ether oxygens (including phenoxy) is 1. The van der Waals surface area contributed by atoms with Gasteiger partial charge in [-0.25, -0.2) is 4.79 Å². The Kier molecular flexibility index (Phi) is 2.29. The van der Waals surface area contributed by atoms with Crippen LogP contribution in [0.5, 0.6) is 0 Å². The third kappa shape index (κ3) is 1.24. The number of terminal acetylenes is 1. The minimum Gasteiger partial charge on any atom is -0.386 e. The number of halogens is 1. The monoisotopic (exact) mass is 283 g/mol. The van der Waals surface area contributed by atoms with Gasteiger partial charge in [0.2, 0.25) is 0 Å². The molecule has 100 valence electrons. The summed E-state index contributed by atoms with van der Waals surface area (Å²) < 4.78 is 6.49.